The number of ether oxygens (including phenoxy) is 1. The van der Waals surface area contributed by atoms with Crippen molar-refractivity contribution in [2.75, 3.05) is 13.2 Å². The van der Waals surface area contributed by atoms with Gasteiger partial charge in [-0.25, -0.2) is 9.97 Å². The highest BCUT2D eigenvalue weighted by Crippen LogP contribution is 2.19. The van der Waals surface area contributed by atoms with Crippen molar-refractivity contribution in [3.8, 4) is 0 Å². The molecule has 1 aromatic rings. The van der Waals surface area contributed by atoms with Crippen molar-refractivity contribution < 1.29 is 4.74 Å². The van der Waals surface area contributed by atoms with Crippen LogP contribution in [0.1, 0.15) is 35.6 Å². The highest BCUT2D eigenvalue weighted by Gasteiger charge is 2.19. The number of hydrogen-bond acceptors (Lipinski definition) is 4. The molecule has 92 valence electrons. The summed E-state index contributed by atoms with van der Waals surface area (Å²) < 4.78 is 5.47. The van der Waals surface area contributed by atoms with E-state index in [9.17, 15) is 0 Å². The number of hydrogen-bond donors (Lipinski definition) is 1. The molecule has 1 N–H and O–H groups in total. The van der Waals surface area contributed by atoms with Gasteiger partial charge in [-0.3, -0.25) is 0 Å². The average molecular weight is 233 g/mol. The van der Waals surface area contributed by atoms with Gasteiger partial charge in [0.15, 0.2) is 0 Å². The van der Waals surface area contributed by atoms with Gasteiger partial charge in [0, 0.05) is 18.2 Å². The van der Waals surface area contributed by atoms with Crippen molar-refractivity contribution in [1.29, 1.82) is 0 Å². The molecule has 0 amide bonds. The summed E-state index contributed by atoms with van der Waals surface area (Å²) in [7, 11) is 0. The molecular formula is C13H19N3O. The van der Waals surface area contributed by atoms with Crippen molar-refractivity contribution in [3.05, 3.63) is 22.8 Å². The Labute approximate surface area is 102 Å². The van der Waals surface area contributed by atoms with Crippen LogP contribution in [0.3, 0.4) is 0 Å². The molecule has 3 heterocycles. The maximum Gasteiger partial charge on any atom is 0.130 e. The summed E-state index contributed by atoms with van der Waals surface area (Å²) in [5.74, 6) is 0.978. The molecule has 17 heavy (non-hydrogen) atoms. The predicted molar refractivity (Wildman–Crippen MR) is 64.9 cm³/mol. The van der Waals surface area contributed by atoms with Crippen LogP contribution in [0, 0.1) is 6.92 Å². The van der Waals surface area contributed by atoms with Gasteiger partial charge in [-0.1, -0.05) is 0 Å². The van der Waals surface area contributed by atoms with Crippen molar-refractivity contribution in [2.24, 2.45) is 0 Å². The Morgan fingerprint density at radius 1 is 1.41 bits per heavy atom. The summed E-state index contributed by atoms with van der Waals surface area (Å²) >= 11 is 0. The van der Waals surface area contributed by atoms with Gasteiger partial charge in [0.2, 0.25) is 0 Å². The van der Waals surface area contributed by atoms with Crippen LogP contribution in [0.5, 0.6) is 0 Å². The second-order valence-electron chi connectivity index (χ2n) is 4.95. The lowest BCUT2D eigenvalue weighted by Crippen LogP contribution is -2.26. The van der Waals surface area contributed by atoms with Crippen molar-refractivity contribution >= 4 is 0 Å². The quantitative estimate of drug-likeness (QED) is 0.832. The third-order valence-corrected chi connectivity index (χ3v) is 3.67. The molecule has 1 unspecified atom stereocenters. The summed E-state index contributed by atoms with van der Waals surface area (Å²) in [5, 5.41) is 3.49. The molecule has 4 nitrogen and oxygen atoms in total. The van der Waals surface area contributed by atoms with E-state index in [0.29, 0.717) is 12.6 Å². The molecule has 0 bridgehead atoms. The van der Waals surface area contributed by atoms with E-state index in [2.05, 4.69) is 22.2 Å². The minimum Gasteiger partial charge on any atom is -0.375 e. The van der Waals surface area contributed by atoms with Crippen LogP contribution < -0.4 is 5.32 Å². The summed E-state index contributed by atoms with van der Waals surface area (Å²) in [6.45, 7) is 4.69. The fourth-order valence-electron chi connectivity index (χ4n) is 2.75. The van der Waals surface area contributed by atoms with Crippen molar-refractivity contribution in [3.63, 3.8) is 0 Å². The number of fused-ring (bicyclic) bond motifs is 1. The maximum atomic E-state index is 5.47. The first-order valence-corrected chi connectivity index (χ1v) is 6.49. The van der Waals surface area contributed by atoms with Gasteiger partial charge in [-0.2, -0.15) is 0 Å². The molecule has 0 radical (unpaired) electrons. The highest BCUT2D eigenvalue weighted by atomic mass is 16.5. The first-order chi connectivity index (χ1) is 8.33. The van der Waals surface area contributed by atoms with Crippen LogP contribution in [0.2, 0.25) is 0 Å². The zero-order valence-corrected chi connectivity index (χ0v) is 10.3. The minimum atomic E-state index is 0.567. The average Bonchev–Trinajstić information content (AvgIpc) is 2.82. The Kier molecular flexibility index (Phi) is 3.07. The number of nitrogens with one attached hydrogen (secondary N) is 1. The number of aromatic nitrogens is 2. The normalized spacial score (nSPS) is 23.7. The molecule has 3 rings (SSSR count). The van der Waals surface area contributed by atoms with E-state index in [1.54, 1.807) is 0 Å². The monoisotopic (exact) mass is 233 g/mol. The Balaban J connectivity index is 1.82. The summed E-state index contributed by atoms with van der Waals surface area (Å²) in [4.78, 5) is 9.30. The largest absolute Gasteiger partial charge is 0.375 e. The summed E-state index contributed by atoms with van der Waals surface area (Å²) in [5.41, 5.74) is 3.56. The molecule has 1 atom stereocenters. The summed E-state index contributed by atoms with van der Waals surface area (Å²) in [6, 6.07) is 0.567. The fourth-order valence-corrected chi connectivity index (χ4v) is 2.75. The van der Waals surface area contributed by atoms with Gasteiger partial charge in [0.1, 0.15) is 5.82 Å². The van der Waals surface area contributed by atoms with E-state index in [-0.39, 0.29) is 0 Å². The third kappa shape index (κ3) is 2.33. The molecule has 2 aliphatic rings. The first kappa shape index (κ1) is 11.1. The fraction of sp³-hybridized carbons (Fsp3) is 0.692. The molecule has 1 saturated heterocycles. The topological polar surface area (TPSA) is 47.0 Å². The van der Waals surface area contributed by atoms with Crippen molar-refractivity contribution in [2.45, 2.75) is 45.3 Å². The molecule has 0 aromatic carbocycles. The third-order valence-electron chi connectivity index (χ3n) is 3.67. The molecule has 1 fully saturated rings. The van der Waals surface area contributed by atoms with Crippen LogP contribution >= 0.6 is 0 Å². The molecule has 1 aromatic heterocycles. The van der Waals surface area contributed by atoms with Crippen LogP contribution in [0.4, 0.5) is 0 Å². The van der Waals surface area contributed by atoms with Gasteiger partial charge >= 0.3 is 0 Å². The standard InChI is InChI=1S/C13H19N3O/c1-9-11-4-6-17-8-12(11)16-13(15-9)7-10-3-2-5-14-10/h10,14H,2-8H2,1H3. The van der Waals surface area contributed by atoms with Crippen LogP contribution in [0.15, 0.2) is 0 Å². The zero-order valence-electron chi connectivity index (χ0n) is 10.3. The highest BCUT2D eigenvalue weighted by molar-refractivity contribution is 5.26. The van der Waals surface area contributed by atoms with E-state index in [4.69, 9.17) is 4.74 Å². The Morgan fingerprint density at radius 2 is 2.35 bits per heavy atom. The van der Waals surface area contributed by atoms with Crippen molar-refractivity contribution in [1.82, 2.24) is 15.3 Å². The molecule has 2 aliphatic heterocycles. The van der Waals surface area contributed by atoms with E-state index < -0.39 is 0 Å². The molecule has 0 spiro atoms. The maximum absolute atomic E-state index is 5.47. The first-order valence-electron chi connectivity index (χ1n) is 6.49. The number of aryl methyl sites for hydroxylation is 1. The molecule has 0 aliphatic carbocycles. The molecule has 0 saturated carbocycles. The smallest absolute Gasteiger partial charge is 0.130 e. The zero-order chi connectivity index (χ0) is 11.7. The predicted octanol–water partition coefficient (Wildman–Crippen LogP) is 1.15. The van der Waals surface area contributed by atoms with E-state index >= 15 is 0 Å². The molecule has 4 heteroatoms. The number of nitrogens with zero attached hydrogens (tertiary/aromatic N) is 2. The van der Waals surface area contributed by atoms with E-state index in [1.807, 2.05) is 0 Å². The van der Waals surface area contributed by atoms with Gasteiger partial charge < -0.3 is 10.1 Å². The second kappa shape index (κ2) is 4.70. The van der Waals surface area contributed by atoms with Crippen LogP contribution in [0.25, 0.3) is 0 Å². The Morgan fingerprint density at radius 3 is 3.18 bits per heavy atom. The van der Waals surface area contributed by atoms with Crippen LogP contribution in [-0.2, 0) is 24.2 Å². The Bertz CT molecular complexity index is 413. The Hall–Kier alpha value is -1.00. The van der Waals surface area contributed by atoms with Gasteiger partial charge in [0.05, 0.1) is 18.9 Å². The van der Waals surface area contributed by atoms with Crippen LogP contribution in [-0.4, -0.2) is 29.2 Å². The minimum absolute atomic E-state index is 0.567. The second-order valence-corrected chi connectivity index (χ2v) is 4.95. The lowest BCUT2D eigenvalue weighted by molar-refractivity contribution is 0.106. The lowest BCUT2D eigenvalue weighted by atomic mass is 10.1. The van der Waals surface area contributed by atoms with E-state index in [1.165, 1.54) is 18.4 Å². The van der Waals surface area contributed by atoms with E-state index in [0.717, 1.165) is 43.2 Å². The lowest BCUT2D eigenvalue weighted by Gasteiger charge is -2.19. The van der Waals surface area contributed by atoms with Gasteiger partial charge in [0.25, 0.3) is 0 Å². The van der Waals surface area contributed by atoms with Gasteiger partial charge in [-0.15, -0.1) is 0 Å². The summed E-state index contributed by atoms with van der Waals surface area (Å²) in [6.07, 6.45) is 4.44. The van der Waals surface area contributed by atoms with Gasteiger partial charge in [-0.05, 0) is 38.3 Å². The number of rotatable bonds is 2. The molecular weight excluding hydrogens is 214 g/mol. The SMILES string of the molecule is Cc1nc(CC2CCCN2)nc2c1CCOC2.